The maximum Gasteiger partial charge on any atom is 0.224 e. The van der Waals surface area contributed by atoms with Gasteiger partial charge in [-0.2, -0.15) is 0 Å². The lowest BCUT2D eigenvalue weighted by atomic mass is 10.1. The molecule has 0 saturated carbocycles. The highest BCUT2D eigenvalue weighted by molar-refractivity contribution is 6.36. The summed E-state index contributed by atoms with van der Waals surface area (Å²) < 4.78 is 0. The van der Waals surface area contributed by atoms with Gasteiger partial charge in [-0.1, -0.05) is 36.2 Å². The monoisotopic (exact) mass is 288 g/mol. The van der Waals surface area contributed by atoms with Crippen LogP contribution in [0.4, 0.5) is 0 Å². The van der Waals surface area contributed by atoms with Crippen LogP contribution < -0.4 is 10.6 Å². The molecule has 1 rings (SSSR count). The van der Waals surface area contributed by atoms with E-state index in [1.807, 2.05) is 0 Å². The lowest BCUT2D eigenvalue weighted by molar-refractivity contribution is -0.120. The highest BCUT2D eigenvalue weighted by Crippen LogP contribution is 2.24. The number of halogens is 2. The minimum atomic E-state index is -0.0664. The maximum atomic E-state index is 11.7. The van der Waals surface area contributed by atoms with E-state index in [4.69, 9.17) is 23.2 Å². The van der Waals surface area contributed by atoms with E-state index in [0.717, 1.165) is 19.5 Å². The Kier molecular flexibility index (Phi) is 7.09. The first-order chi connectivity index (χ1) is 8.65. The molecule has 2 N–H and O–H groups in total. The summed E-state index contributed by atoms with van der Waals surface area (Å²) in [6.07, 6.45) is 1.30. The Balaban J connectivity index is 2.36. The van der Waals surface area contributed by atoms with Crippen molar-refractivity contribution in [2.45, 2.75) is 19.8 Å². The van der Waals surface area contributed by atoms with Crippen LogP contribution in [0.2, 0.25) is 10.0 Å². The third-order valence-corrected chi connectivity index (χ3v) is 3.16. The summed E-state index contributed by atoms with van der Waals surface area (Å²) in [7, 11) is 0. The molecule has 0 unspecified atom stereocenters. The van der Waals surface area contributed by atoms with Gasteiger partial charge in [-0.05, 0) is 30.7 Å². The summed E-state index contributed by atoms with van der Waals surface area (Å²) >= 11 is 12.0. The Morgan fingerprint density at radius 2 is 1.83 bits per heavy atom. The van der Waals surface area contributed by atoms with Crippen LogP contribution in [0.25, 0.3) is 0 Å². The largest absolute Gasteiger partial charge is 0.355 e. The van der Waals surface area contributed by atoms with E-state index in [1.165, 1.54) is 0 Å². The van der Waals surface area contributed by atoms with Crippen LogP contribution in [0, 0.1) is 0 Å². The first kappa shape index (κ1) is 15.3. The number of amides is 1. The van der Waals surface area contributed by atoms with E-state index in [9.17, 15) is 4.79 Å². The van der Waals surface area contributed by atoms with Gasteiger partial charge < -0.3 is 10.6 Å². The average Bonchev–Trinajstić information content (AvgIpc) is 2.34. The Bertz CT molecular complexity index is 376. The molecule has 1 aromatic rings. The highest BCUT2D eigenvalue weighted by Gasteiger charge is 2.09. The standard InChI is InChI=1S/C13H18Cl2N2O/c1-2-6-16-7-8-17-13(18)9-10-11(14)4-3-5-12(10)15/h3-5,16H,2,6-9H2,1H3,(H,17,18). The minimum absolute atomic E-state index is 0.0664. The normalized spacial score (nSPS) is 10.4. The molecule has 3 nitrogen and oxygen atoms in total. The molecule has 0 aliphatic rings. The van der Waals surface area contributed by atoms with Crippen LogP contribution in [-0.4, -0.2) is 25.5 Å². The molecule has 0 radical (unpaired) electrons. The van der Waals surface area contributed by atoms with E-state index in [1.54, 1.807) is 18.2 Å². The summed E-state index contributed by atoms with van der Waals surface area (Å²) in [6, 6.07) is 5.23. The van der Waals surface area contributed by atoms with Crippen molar-refractivity contribution in [1.29, 1.82) is 0 Å². The molecule has 18 heavy (non-hydrogen) atoms. The molecule has 0 spiro atoms. The van der Waals surface area contributed by atoms with Gasteiger partial charge in [0.1, 0.15) is 0 Å². The van der Waals surface area contributed by atoms with Crippen molar-refractivity contribution in [3.05, 3.63) is 33.8 Å². The Morgan fingerprint density at radius 1 is 1.17 bits per heavy atom. The molecule has 0 aromatic heterocycles. The molecule has 0 atom stereocenters. The van der Waals surface area contributed by atoms with Gasteiger partial charge in [0.15, 0.2) is 0 Å². The molecule has 0 aliphatic heterocycles. The second kappa shape index (κ2) is 8.35. The summed E-state index contributed by atoms with van der Waals surface area (Å²) in [5.41, 5.74) is 0.680. The van der Waals surface area contributed by atoms with Crippen molar-refractivity contribution in [3.63, 3.8) is 0 Å². The topological polar surface area (TPSA) is 41.1 Å². The van der Waals surface area contributed by atoms with Gasteiger partial charge >= 0.3 is 0 Å². The smallest absolute Gasteiger partial charge is 0.224 e. The van der Waals surface area contributed by atoms with Crippen molar-refractivity contribution in [2.75, 3.05) is 19.6 Å². The molecule has 1 amide bonds. The van der Waals surface area contributed by atoms with Crippen LogP contribution in [0.5, 0.6) is 0 Å². The average molecular weight is 289 g/mol. The van der Waals surface area contributed by atoms with Gasteiger partial charge in [0.25, 0.3) is 0 Å². The zero-order valence-corrected chi connectivity index (χ0v) is 11.9. The Labute approximate surface area is 118 Å². The van der Waals surface area contributed by atoms with Crippen LogP contribution in [0.3, 0.4) is 0 Å². The number of benzene rings is 1. The molecule has 0 bridgehead atoms. The molecule has 0 saturated heterocycles. The molecule has 100 valence electrons. The molecule has 0 fully saturated rings. The van der Waals surface area contributed by atoms with E-state index < -0.39 is 0 Å². The summed E-state index contributed by atoms with van der Waals surface area (Å²) in [5, 5.41) is 7.09. The van der Waals surface area contributed by atoms with E-state index >= 15 is 0 Å². The molecular formula is C13H18Cl2N2O. The fourth-order valence-electron chi connectivity index (χ4n) is 1.52. The molecule has 0 aliphatic carbocycles. The first-order valence-electron chi connectivity index (χ1n) is 6.05. The van der Waals surface area contributed by atoms with Crippen LogP contribution in [0.15, 0.2) is 18.2 Å². The number of hydrogen-bond donors (Lipinski definition) is 2. The van der Waals surface area contributed by atoms with E-state index in [0.29, 0.717) is 22.2 Å². The molecule has 1 aromatic carbocycles. The van der Waals surface area contributed by atoms with Gasteiger partial charge in [0.05, 0.1) is 6.42 Å². The number of rotatable bonds is 7. The minimum Gasteiger partial charge on any atom is -0.355 e. The predicted molar refractivity (Wildman–Crippen MR) is 76.3 cm³/mol. The van der Waals surface area contributed by atoms with Gasteiger partial charge in [-0.15, -0.1) is 0 Å². The number of hydrogen-bond acceptors (Lipinski definition) is 2. The summed E-state index contributed by atoms with van der Waals surface area (Å²) in [6.45, 7) is 4.45. The number of carbonyl (C=O) groups is 1. The second-order valence-corrected chi connectivity index (χ2v) is 4.79. The van der Waals surface area contributed by atoms with Crippen molar-refractivity contribution < 1.29 is 4.79 Å². The summed E-state index contributed by atoms with van der Waals surface area (Å²) in [5.74, 6) is -0.0664. The zero-order chi connectivity index (χ0) is 13.4. The quantitative estimate of drug-likeness (QED) is 0.758. The highest BCUT2D eigenvalue weighted by atomic mass is 35.5. The lowest BCUT2D eigenvalue weighted by Crippen LogP contribution is -2.33. The van der Waals surface area contributed by atoms with Gasteiger partial charge in [-0.25, -0.2) is 0 Å². The van der Waals surface area contributed by atoms with Crippen LogP contribution in [0.1, 0.15) is 18.9 Å². The Morgan fingerprint density at radius 3 is 2.44 bits per heavy atom. The van der Waals surface area contributed by atoms with E-state index in [2.05, 4.69) is 17.6 Å². The fourth-order valence-corrected chi connectivity index (χ4v) is 2.05. The van der Waals surface area contributed by atoms with Gasteiger partial charge in [-0.3, -0.25) is 4.79 Å². The summed E-state index contributed by atoms with van der Waals surface area (Å²) in [4.78, 5) is 11.7. The third kappa shape index (κ3) is 5.25. The predicted octanol–water partition coefficient (Wildman–Crippen LogP) is 2.65. The maximum absolute atomic E-state index is 11.7. The van der Waals surface area contributed by atoms with Gasteiger partial charge in [0, 0.05) is 23.1 Å². The zero-order valence-electron chi connectivity index (χ0n) is 10.4. The SMILES string of the molecule is CCCNCCNC(=O)Cc1c(Cl)cccc1Cl. The fraction of sp³-hybridized carbons (Fsp3) is 0.462. The first-order valence-corrected chi connectivity index (χ1v) is 6.81. The van der Waals surface area contributed by atoms with Crippen molar-refractivity contribution in [2.24, 2.45) is 0 Å². The van der Waals surface area contributed by atoms with Crippen LogP contribution >= 0.6 is 23.2 Å². The van der Waals surface area contributed by atoms with Crippen molar-refractivity contribution >= 4 is 29.1 Å². The van der Waals surface area contributed by atoms with Crippen LogP contribution in [-0.2, 0) is 11.2 Å². The molecular weight excluding hydrogens is 271 g/mol. The van der Waals surface area contributed by atoms with Crippen molar-refractivity contribution in [1.82, 2.24) is 10.6 Å². The Hall–Kier alpha value is -0.770. The molecule has 0 heterocycles. The molecule has 5 heteroatoms. The van der Waals surface area contributed by atoms with Gasteiger partial charge in [0.2, 0.25) is 5.91 Å². The number of carbonyl (C=O) groups excluding carboxylic acids is 1. The second-order valence-electron chi connectivity index (χ2n) is 3.98. The lowest BCUT2D eigenvalue weighted by Gasteiger charge is -2.08. The van der Waals surface area contributed by atoms with E-state index in [-0.39, 0.29) is 12.3 Å². The number of nitrogens with one attached hydrogen (secondary N) is 2. The third-order valence-electron chi connectivity index (χ3n) is 2.45. The van der Waals surface area contributed by atoms with Crippen molar-refractivity contribution in [3.8, 4) is 0 Å².